The smallest absolute Gasteiger partial charge is 0.262 e. The third-order valence-electron chi connectivity index (χ3n) is 4.25. The molecule has 1 saturated heterocycles. The lowest BCUT2D eigenvalue weighted by atomic mass is 10.4. The van der Waals surface area contributed by atoms with E-state index in [9.17, 15) is 16.8 Å². The van der Waals surface area contributed by atoms with Crippen LogP contribution < -0.4 is 0 Å². The molecule has 144 valence electrons. The fourth-order valence-electron chi connectivity index (χ4n) is 2.70. The molecule has 2 aromatic rings. The zero-order valence-corrected chi connectivity index (χ0v) is 17.5. The van der Waals surface area contributed by atoms with Gasteiger partial charge in [-0.3, -0.25) is 0 Å². The van der Waals surface area contributed by atoms with Gasteiger partial charge in [-0.15, -0.1) is 11.3 Å². The van der Waals surface area contributed by atoms with Gasteiger partial charge in [-0.25, -0.2) is 21.8 Å². The Hall–Kier alpha value is -0.980. The van der Waals surface area contributed by atoms with Crippen LogP contribution in [-0.4, -0.2) is 61.2 Å². The Labute approximate surface area is 162 Å². The second kappa shape index (κ2) is 7.21. The van der Waals surface area contributed by atoms with Gasteiger partial charge in [0.25, 0.3) is 20.0 Å². The standard InChI is InChI=1S/C14H19ClN4O4S3/c1-11-16-13(10-17(11)2)25(20,21)18-6-3-7-19(9-8-18)26(22,23)14-5-4-12(15)24-14/h4-5,10H,3,6-9H2,1-2H3. The van der Waals surface area contributed by atoms with Crippen LogP contribution in [-0.2, 0) is 27.1 Å². The summed E-state index contributed by atoms with van der Waals surface area (Å²) < 4.78 is 55.9. The van der Waals surface area contributed by atoms with Gasteiger partial charge in [0, 0.05) is 39.4 Å². The largest absolute Gasteiger partial charge is 0.337 e. The minimum Gasteiger partial charge on any atom is -0.337 e. The van der Waals surface area contributed by atoms with E-state index in [2.05, 4.69) is 4.98 Å². The Balaban J connectivity index is 1.80. The molecule has 0 unspecified atom stereocenters. The van der Waals surface area contributed by atoms with Crippen LogP contribution in [0.4, 0.5) is 0 Å². The first-order chi connectivity index (χ1) is 12.1. The van der Waals surface area contributed by atoms with Crippen molar-refractivity contribution >= 4 is 43.0 Å². The molecule has 12 heteroatoms. The average Bonchev–Trinajstić information content (AvgIpc) is 3.05. The van der Waals surface area contributed by atoms with Gasteiger partial charge in [0.15, 0.2) is 5.03 Å². The predicted octanol–water partition coefficient (Wildman–Crippen LogP) is 1.53. The molecule has 0 radical (unpaired) electrons. The van der Waals surface area contributed by atoms with Crippen molar-refractivity contribution in [1.29, 1.82) is 0 Å². The van der Waals surface area contributed by atoms with Crippen LogP contribution in [0.2, 0.25) is 4.34 Å². The Kier molecular flexibility index (Phi) is 5.48. The number of imidazole rings is 1. The van der Waals surface area contributed by atoms with E-state index in [0.29, 0.717) is 16.6 Å². The number of aryl methyl sites for hydroxylation is 2. The minimum atomic E-state index is -3.76. The molecule has 0 aromatic carbocycles. The van der Waals surface area contributed by atoms with E-state index < -0.39 is 20.0 Å². The highest BCUT2D eigenvalue weighted by atomic mass is 35.5. The van der Waals surface area contributed by atoms with E-state index in [1.54, 1.807) is 18.5 Å². The third kappa shape index (κ3) is 3.69. The number of nitrogens with zero attached hydrogens (tertiary/aromatic N) is 4. The molecule has 0 saturated carbocycles. The van der Waals surface area contributed by atoms with Gasteiger partial charge in [0.1, 0.15) is 10.0 Å². The highest BCUT2D eigenvalue weighted by Gasteiger charge is 2.33. The van der Waals surface area contributed by atoms with Gasteiger partial charge >= 0.3 is 0 Å². The SMILES string of the molecule is Cc1nc(S(=O)(=O)N2CCCN(S(=O)(=O)c3ccc(Cl)s3)CC2)cn1C. The van der Waals surface area contributed by atoms with Crippen LogP contribution in [0.25, 0.3) is 0 Å². The topological polar surface area (TPSA) is 92.6 Å². The number of aromatic nitrogens is 2. The number of sulfonamides is 2. The summed E-state index contributed by atoms with van der Waals surface area (Å²) in [6, 6.07) is 3.01. The number of thiophene rings is 1. The van der Waals surface area contributed by atoms with E-state index >= 15 is 0 Å². The summed E-state index contributed by atoms with van der Waals surface area (Å²) in [5.41, 5.74) is 0. The number of hydrogen-bond donors (Lipinski definition) is 0. The summed E-state index contributed by atoms with van der Waals surface area (Å²) in [6.45, 7) is 2.39. The molecular weight excluding hydrogens is 420 g/mol. The van der Waals surface area contributed by atoms with Crippen molar-refractivity contribution in [2.24, 2.45) is 7.05 Å². The summed E-state index contributed by atoms with van der Waals surface area (Å²) >= 11 is 6.84. The van der Waals surface area contributed by atoms with Crippen LogP contribution in [0, 0.1) is 6.92 Å². The van der Waals surface area contributed by atoms with Crippen molar-refractivity contribution in [3.8, 4) is 0 Å². The number of halogens is 1. The highest BCUT2D eigenvalue weighted by molar-refractivity contribution is 7.91. The van der Waals surface area contributed by atoms with Crippen molar-refractivity contribution < 1.29 is 16.8 Å². The van der Waals surface area contributed by atoms with Gasteiger partial charge < -0.3 is 4.57 Å². The molecule has 1 aliphatic rings. The molecule has 2 aromatic heterocycles. The van der Waals surface area contributed by atoms with Crippen LogP contribution in [0.15, 0.2) is 27.6 Å². The molecule has 1 fully saturated rings. The average molecular weight is 439 g/mol. The molecule has 0 spiro atoms. The molecule has 26 heavy (non-hydrogen) atoms. The quantitative estimate of drug-likeness (QED) is 0.721. The zero-order chi connectivity index (χ0) is 19.1. The van der Waals surface area contributed by atoms with E-state index in [1.807, 2.05) is 0 Å². The first-order valence-electron chi connectivity index (χ1n) is 7.88. The molecule has 3 heterocycles. The monoisotopic (exact) mass is 438 g/mol. The molecule has 0 atom stereocenters. The summed E-state index contributed by atoms with van der Waals surface area (Å²) in [6.07, 6.45) is 1.88. The van der Waals surface area contributed by atoms with E-state index in [4.69, 9.17) is 11.6 Å². The van der Waals surface area contributed by atoms with Crippen LogP contribution in [0.1, 0.15) is 12.2 Å². The summed E-state index contributed by atoms with van der Waals surface area (Å²) in [4.78, 5) is 4.09. The lowest BCUT2D eigenvalue weighted by Crippen LogP contribution is -2.37. The maximum absolute atomic E-state index is 12.8. The van der Waals surface area contributed by atoms with Gasteiger partial charge in [0.2, 0.25) is 0 Å². The van der Waals surface area contributed by atoms with Crippen molar-refractivity contribution in [3.63, 3.8) is 0 Å². The molecule has 0 bridgehead atoms. The lowest BCUT2D eigenvalue weighted by Gasteiger charge is -2.20. The van der Waals surface area contributed by atoms with Crippen molar-refractivity contribution in [1.82, 2.24) is 18.2 Å². The minimum absolute atomic E-state index is 0.0150. The molecule has 0 aliphatic carbocycles. The van der Waals surface area contributed by atoms with Crippen molar-refractivity contribution in [2.45, 2.75) is 22.6 Å². The lowest BCUT2D eigenvalue weighted by molar-refractivity contribution is 0.404. The second-order valence-electron chi connectivity index (χ2n) is 5.96. The van der Waals surface area contributed by atoms with Crippen LogP contribution >= 0.6 is 22.9 Å². The molecule has 0 N–H and O–H groups in total. The normalized spacial score (nSPS) is 18.1. The number of hydrogen-bond acceptors (Lipinski definition) is 6. The highest BCUT2D eigenvalue weighted by Crippen LogP contribution is 2.29. The van der Waals surface area contributed by atoms with Gasteiger partial charge in [0.05, 0.1) is 4.34 Å². The summed E-state index contributed by atoms with van der Waals surface area (Å²) in [5.74, 6) is 0.595. The Morgan fingerprint density at radius 3 is 2.15 bits per heavy atom. The Morgan fingerprint density at radius 1 is 1.04 bits per heavy atom. The van der Waals surface area contributed by atoms with E-state index in [1.165, 1.54) is 26.9 Å². The maximum Gasteiger partial charge on any atom is 0.262 e. The van der Waals surface area contributed by atoms with E-state index in [-0.39, 0.29) is 35.4 Å². The van der Waals surface area contributed by atoms with Crippen molar-refractivity contribution in [2.75, 3.05) is 26.2 Å². The Bertz CT molecular complexity index is 993. The zero-order valence-electron chi connectivity index (χ0n) is 14.3. The molecule has 1 aliphatic heterocycles. The molecular formula is C14H19ClN4O4S3. The fourth-order valence-corrected chi connectivity index (χ4v) is 7.30. The second-order valence-corrected chi connectivity index (χ2v) is 11.7. The van der Waals surface area contributed by atoms with Crippen LogP contribution in [0.3, 0.4) is 0 Å². The first kappa shape index (κ1) is 19.8. The molecule has 3 rings (SSSR count). The fraction of sp³-hybridized carbons (Fsp3) is 0.500. The third-order valence-corrected chi connectivity index (χ3v) is 9.61. The van der Waals surface area contributed by atoms with Gasteiger partial charge in [-0.05, 0) is 25.5 Å². The van der Waals surface area contributed by atoms with E-state index in [0.717, 1.165) is 11.3 Å². The summed E-state index contributed by atoms with van der Waals surface area (Å²) in [7, 11) is -5.70. The number of rotatable bonds is 4. The Morgan fingerprint density at radius 2 is 1.65 bits per heavy atom. The maximum atomic E-state index is 12.8. The van der Waals surface area contributed by atoms with Gasteiger partial charge in [-0.1, -0.05) is 11.6 Å². The van der Waals surface area contributed by atoms with Crippen molar-refractivity contribution in [3.05, 3.63) is 28.5 Å². The first-order valence-corrected chi connectivity index (χ1v) is 12.0. The summed E-state index contributed by atoms with van der Waals surface area (Å²) in [5, 5.41) is -0.0150. The van der Waals surface area contributed by atoms with Crippen LogP contribution in [0.5, 0.6) is 0 Å². The molecule has 0 amide bonds. The predicted molar refractivity (Wildman–Crippen MR) is 99.4 cm³/mol. The molecule has 8 nitrogen and oxygen atoms in total. The van der Waals surface area contributed by atoms with Gasteiger partial charge in [-0.2, -0.15) is 8.61 Å².